The van der Waals surface area contributed by atoms with Crippen molar-refractivity contribution in [1.82, 2.24) is 9.99 Å². The molecule has 3 aromatic carbocycles. The molecule has 0 saturated heterocycles. The van der Waals surface area contributed by atoms with Gasteiger partial charge in [0.05, 0.1) is 38.9 Å². The molecule has 2 unspecified atom stereocenters. The van der Waals surface area contributed by atoms with Crippen LogP contribution in [0.5, 0.6) is 11.5 Å². The van der Waals surface area contributed by atoms with E-state index < -0.39 is 24.9 Å². The second-order valence-corrected chi connectivity index (χ2v) is 13.0. The Labute approximate surface area is 254 Å². The lowest BCUT2D eigenvalue weighted by atomic mass is 9.77. The maximum Gasteiger partial charge on any atom is 0.260 e. The molecule has 42 heavy (non-hydrogen) atoms. The largest absolute Gasteiger partial charge is 0.497 e. The normalized spacial score (nSPS) is 13.3. The summed E-state index contributed by atoms with van der Waals surface area (Å²) >= 11 is 0. The van der Waals surface area contributed by atoms with Crippen LogP contribution in [0.3, 0.4) is 0 Å². The topological polar surface area (TPSA) is 93.1 Å². The minimum Gasteiger partial charge on any atom is -0.497 e. The number of rotatable bonds is 16. The molecule has 0 saturated carbocycles. The Morgan fingerprint density at radius 2 is 1.29 bits per heavy atom. The lowest BCUT2D eigenvalue weighted by molar-refractivity contribution is 0.159. The summed E-state index contributed by atoms with van der Waals surface area (Å²) in [6.45, 7) is 8.87. The lowest BCUT2D eigenvalue weighted by Crippen LogP contribution is -2.46. The Bertz CT molecular complexity index is 1260. The summed E-state index contributed by atoms with van der Waals surface area (Å²) in [5.41, 5.74) is 2.00. The first-order valence-corrected chi connectivity index (χ1v) is 16.6. The van der Waals surface area contributed by atoms with E-state index in [-0.39, 0.29) is 31.8 Å². The molecule has 3 aromatic rings. The summed E-state index contributed by atoms with van der Waals surface area (Å²) in [5.74, 6) is 1.49. The summed E-state index contributed by atoms with van der Waals surface area (Å²) < 4.78 is 38.0. The van der Waals surface area contributed by atoms with Crippen LogP contribution in [-0.2, 0) is 25.4 Å². The van der Waals surface area contributed by atoms with Gasteiger partial charge in [0.2, 0.25) is 0 Å². The van der Waals surface area contributed by atoms with Gasteiger partial charge in [-0.2, -0.15) is 5.26 Å². The van der Waals surface area contributed by atoms with Crippen LogP contribution in [-0.4, -0.2) is 54.8 Å². The zero-order chi connectivity index (χ0) is 30.7. The van der Waals surface area contributed by atoms with Crippen LogP contribution in [0.15, 0.2) is 77.7 Å². The lowest BCUT2D eigenvalue weighted by Gasteiger charge is -2.39. The van der Waals surface area contributed by atoms with Crippen LogP contribution < -0.4 is 14.8 Å². The van der Waals surface area contributed by atoms with Gasteiger partial charge in [0, 0.05) is 34.0 Å². The first-order valence-electron chi connectivity index (χ1n) is 13.9. The molecule has 1 N–H and O–H groups in total. The Morgan fingerprint density at radius 1 is 0.833 bits per heavy atom. The summed E-state index contributed by atoms with van der Waals surface area (Å²) in [4.78, 5) is 0.743. The van der Waals surface area contributed by atoms with E-state index in [1.165, 1.54) is 0 Å². The molecule has 10 heteroatoms. The number of hydrogen-bond acceptors (Lipinski definition) is 8. The SMILES string of the molecule is COc1ccc(C(NCOP(OCCC#N)N(C(C)C)C(C)C)(c2ccc(OC)cc2)c2ccc(S(C)=O)cc2)cc1. The fourth-order valence-electron chi connectivity index (χ4n) is 4.89. The Hall–Kier alpha value is -2.83. The van der Waals surface area contributed by atoms with Crippen molar-refractivity contribution in [1.29, 1.82) is 5.26 Å². The van der Waals surface area contributed by atoms with Crippen molar-refractivity contribution in [2.75, 3.05) is 33.8 Å². The van der Waals surface area contributed by atoms with Crippen molar-refractivity contribution in [3.05, 3.63) is 89.5 Å². The third-order valence-corrected chi connectivity index (χ3v) is 9.83. The molecule has 0 radical (unpaired) electrons. The van der Waals surface area contributed by atoms with E-state index in [9.17, 15) is 4.21 Å². The molecule has 0 aromatic heterocycles. The van der Waals surface area contributed by atoms with Crippen molar-refractivity contribution < 1.29 is 22.7 Å². The Morgan fingerprint density at radius 3 is 1.67 bits per heavy atom. The minimum absolute atomic E-state index is 0.147. The predicted molar refractivity (Wildman–Crippen MR) is 169 cm³/mol. The molecule has 0 aliphatic heterocycles. The van der Waals surface area contributed by atoms with Gasteiger partial charge in [0.1, 0.15) is 18.2 Å². The molecule has 0 spiro atoms. The highest BCUT2D eigenvalue weighted by Gasteiger charge is 2.37. The number of hydrogen-bond donors (Lipinski definition) is 1. The van der Waals surface area contributed by atoms with Gasteiger partial charge in [-0.05, 0) is 80.8 Å². The van der Waals surface area contributed by atoms with Crippen LogP contribution in [0, 0.1) is 11.3 Å². The molecule has 0 heterocycles. The molecule has 0 amide bonds. The summed E-state index contributed by atoms with van der Waals surface area (Å²) in [6, 6.07) is 26.1. The average Bonchev–Trinajstić information content (AvgIpc) is 2.99. The van der Waals surface area contributed by atoms with Gasteiger partial charge >= 0.3 is 0 Å². The van der Waals surface area contributed by atoms with Crippen LogP contribution in [0.1, 0.15) is 50.8 Å². The Balaban J connectivity index is 2.13. The molecule has 0 aliphatic rings. The molecule has 0 fully saturated rings. The number of benzene rings is 3. The smallest absolute Gasteiger partial charge is 0.260 e. The molecule has 0 bridgehead atoms. The maximum absolute atomic E-state index is 12.2. The van der Waals surface area contributed by atoms with E-state index in [1.54, 1.807) is 20.5 Å². The highest BCUT2D eigenvalue weighted by atomic mass is 32.2. The van der Waals surface area contributed by atoms with Gasteiger partial charge in [-0.3, -0.25) is 9.53 Å². The number of ether oxygens (including phenoxy) is 2. The third kappa shape index (κ3) is 8.17. The molecule has 3 rings (SSSR count). The predicted octanol–water partition coefficient (Wildman–Crippen LogP) is 6.57. The second-order valence-electron chi connectivity index (χ2n) is 10.2. The van der Waals surface area contributed by atoms with E-state index in [0.717, 1.165) is 33.1 Å². The van der Waals surface area contributed by atoms with Crippen molar-refractivity contribution in [3.63, 3.8) is 0 Å². The standard InChI is InChI=1S/C32H42N3O5PS/c1-24(2)35(25(3)4)41(39-22-8-21-33)40-23-34-32(26-9-15-29(37-5)16-10-26,27-11-17-30(38-6)18-12-27)28-13-19-31(20-14-28)42(7)36/h9-20,24-25,34H,8,22-23H2,1-7H3. The quantitative estimate of drug-likeness (QED) is 0.0842. The minimum atomic E-state index is -1.46. The van der Waals surface area contributed by atoms with Crippen LogP contribution in [0.4, 0.5) is 0 Å². The zero-order valence-electron chi connectivity index (χ0n) is 25.5. The molecule has 0 aliphatic carbocycles. The van der Waals surface area contributed by atoms with Crippen molar-refractivity contribution in [3.8, 4) is 17.6 Å². The van der Waals surface area contributed by atoms with E-state index in [4.69, 9.17) is 23.8 Å². The van der Waals surface area contributed by atoms with Crippen molar-refractivity contribution in [2.45, 2.75) is 56.6 Å². The van der Waals surface area contributed by atoms with E-state index in [0.29, 0.717) is 0 Å². The van der Waals surface area contributed by atoms with Crippen molar-refractivity contribution >= 4 is 19.3 Å². The van der Waals surface area contributed by atoms with Gasteiger partial charge in [-0.1, -0.05) is 36.4 Å². The number of nitrogens with one attached hydrogen (secondary N) is 1. The number of nitrogens with zero attached hydrogens (tertiary/aromatic N) is 2. The molecular formula is C32H42N3O5PS. The van der Waals surface area contributed by atoms with Gasteiger partial charge in [-0.15, -0.1) is 0 Å². The third-order valence-electron chi connectivity index (χ3n) is 6.84. The van der Waals surface area contributed by atoms with Gasteiger partial charge < -0.3 is 18.5 Å². The summed E-state index contributed by atoms with van der Waals surface area (Å²) in [7, 11) is 0.711. The van der Waals surface area contributed by atoms with Crippen LogP contribution >= 0.6 is 8.53 Å². The Kier molecular flexibility index (Phi) is 12.9. The number of methoxy groups -OCH3 is 2. The monoisotopic (exact) mass is 611 g/mol. The van der Waals surface area contributed by atoms with Gasteiger partial charge in [0.25, 0.3) is 8.53 Å². The molecule has 226 valence electrons. The molecular weight excluding hydrogens is 569 g/mol. The molecule has 2 atom stereocenters. The van der Waals surface area contributed by atoms with Crippen molar-refractivity contribution in [2.24, 2.45) is 0 Å². The first kappa shape index (κ1) is 33.7. The average molecular weight is 612 g/mol. The van der Waals surface area contributed by atoms with Gasteiger partial charge in [0.15, 0.2) is 0 Å². The fraction of sp³-hybridized carbons (Fsp3) is 0.406. The summed E-state index contributed by atoms with van der Waals surface area (Å²) in [5, 5.41) is 12.8. The first-order chi connectivity index (χ1) is 20.2. The maximum atomic E-state index is 12.2. The van der Waals surface area contributed by atoms with Gasteiger partial charge in [-0.25, -0.2) is 4.67 Å². The van der Waals surface area contributed by atoms with E-state index in [2.05, 4.69) is 43.8 Å². The zero-order valence-corrected chi connectivity index (χ0v) is 27.2. The second kappa shape index (κ2) is 16.1. The summed E-state index contributed by atoms with van der Waals surface area (Å²) in [6.07, 6.45) is 1.96. The van der Waals surface area contributed by atoms with Crippen LogP contribution in [0.2, 0.25) is 0 Å². The molecule has 8 nitrogen and oxygen atoms in total. The van der Waals surface area contributed by atoms with E-state index in [1.807, 2.05) is 72.8 Å². The number of nitriles is 1. The van der Waals surface area contributed by atoms with Crippen LogP contribution in [0.25, 0.3) is 0 Å². The van der Waals surface area contributed by atoms with E-state index >= 15 is 0 Å². The fourth-order valence-corrected chi connectivity index (χ4v) is 6.93. The highest BCUT2D eigenvalue weighted by Crippen LogP contribution is 2.46. The highest BCUT2D eigenvalue weighted by molar-refractivity contribution is 7.84.